The van der Waals surface area contributed by atoms with Crippen LogP contribution < -0.4 is 9.62 Å². The summed E-state index contributed by atoms with van der Waals surface area (Å²) in [6.07, 6.45) is 3.80. The number of hydrogen-bond acceptors (Lipinski definition) is 4. The molecule has 5 rings (SSSR count). The van der Waals surface area contributed by atoms with Crippen molar-refractivity contribution in [3.8, 4) is 0 Å². The molecule has 0 bridgehead atoms. The lowest BCUT2D eigenvalue weighted by Gasteiger charge is -2.34. The van der Waals surface area contributed by atoms with Crippen LogP contribution in [0.1, 0.15) is 36.8 Å². The van der Waals surface area contributed by atoms with Crippen molar-refractivity contribution in [3.05, 3.63) is 130 Å². The maximum Gasteiger partial charge on any atom is 0.264 e. The molecule has 2 amide bonds. The quantitative estimate of drug-likeness (QED) is 0.174. The number of sulfonamides is 1. The van der Waals surface area contributed by atoms with Gasteiger partial charge < -0.3 is 10.2 Å². The zero-order chi connectivity index (χ0) is 32.7. The summed E-state index contributed by atoms with van der Waals surface area (Å²) < 4.78 is 44.0. The lowest BCUT2D eigenvalue weighted by molar-refractivity contribution is -0.140. The van der Waals surface area contributed by atoms with Crippen molar-refractivity contribution in [2.75, 3.05) is 10.8 Å². The minimum Gasteiger partial charge on any atom is -0.352 e. The number of anilines is 1. The third kappa shape index (κ3) is 8.07. The number of carbonyl (C=O) groups is 2. The van der Waals surface area contributed by atoms with Crippen molar-refractivity contribution < 1.29 is 22.4 Å². The molecule has 0 spiro atoms. The molecule has 1 aliphatic carbocycles. The molecular formula is C35H34Cl2FN3O4S. The summed E-state index contributed by atoms with van der Waals surface area (Å²) in [7, 11) is -4.41. The van der Waals surface area contributed by atoms with E-state index in [4.69, 9.17) is 23.2 Å². The Hall–Kier alpha value is -3.92. The Morgan fingerprint density at radius 3 is 2.15 bits per heavy atom. The van der Waals surface area contributed by atoms with Gasteiger partial charge in [-0.15, -0.1) is 0 Å². The Morgan fingerprint density at radius 2 is 1.50 bits per heavy atom. The predicted molar refractivity (Wildman–Crippen MR) is 179 cm³/mol. The highest BCUT2D eigenvalue weighted by molar-refractivity contribution is 7.92. The van der Waals surface area contributed by atoms with Crippen LogP contribution in [0, 0.1) is 5.82 Å². The Balaban J connectivity index is 1.58. The molecule has 0 unspecified atom stereocenters. The van der Waals surface area contributed by atoms with E-state index in [2.05, 4.69) is 5.32 Å². The minimum absolute atomic E-state index is 0.0322. The van der Waals surface area contributed by atoms with E-state index in [9.17, 15) is 18.0 Å². The van der Waals surface area contributed by atoms with Gasteiger partial charge in [-0.05, 0) is 60.4 Å². The third-order valence-electron chi connectivity index (χ3n) is 8.06. The minimum atomic E-state index is -4.41. The first-order valence-corrected chi connectivity index (χ1v) is 17.2. The van der Waals surface area contributed by atoms with Crippen molar-refractivity contribution in [1.82, 2.24) is 10.2 Å². The summed E-state index contributed by atoms with van der Waals surface area (Å²) in [5.41, 5.74) is 1.02. The van der Waals surface area contributed by atoms with Crippen molar-refractivity contribution in [1.29, 1.82) is 0 Å². The number of nitrogens with zero attached hydrogens (tertiary/aromatic N) is 2. The van der Waals surface area contributed by atoms with Crippen molar-refractivity contribution in [2.24, 2.45) is 0 Å². The molecule has 0 heterocycles. The average Bonchev–Trinajstić information content (AvgIpc) is 3.56. The van der Waals surface area contributed by atoms with Gasteiger partial charge >= 0.3 is 0 Å². The fourth-order valence-corrected chi connectivity index (χ4v) is 7.55. The van der Waals surface area contributed by atoms with Gasteiger partial charge in [-0.3, -0.25) is 13.9 Å². The Bertz CT molecular complexity index is 1770. The highest BCUT2D eigenvalue weighted by atomic mass is 35.5. The average molecular weight is 683 g/mol. The molecule has 0 aromatic heterocycles. The molecule has 11 heteroatoms. The monoisotopic (exact) mass is 681 g/mol. The van der Waals surface area contributed by atoms with Crippen LogP contribution in [-0.4, -0.2) is 43.8 Å². The van der Waals surface area contributed by atoms with Gasteiger partial charge in [0.2, 0.25) is 11.8 Å². The summed E-state index contributed by atoms with van der Waals surface area (Å²) in [5, 5.41) is 3.79. The molecule has 7 nitrogen and oxygen atoms in total. The number of benzene rings is 4. The maximum absolute atomic E-state index is 15.3. The second-order valence-corrected chi connectivity index (χ2v) is 13.9. The Labute approximate surface area is 279 Å². The molecule has 0 radical (unpaired) electrons. The van der Waals surface area contributed by atoms with Crippen LogP contribution in [0.15, 0.2) is 108 Å². The fourth-order valence-electron chi connectivity index (χ4n) is 5.64. The van der Waals surface area contributed by atoms with E-state index in [1.54, 1.807) is 30.3 Å². The third-order valence-corrected chi connectivity index (χ3v) is 10.4. The number of hydrogen-bond donors (Lipinski definition) is 1. The van der Waals surface area contributed by atoms with Gasteiger partial charge in [-0.25, -0.2) is 12.8 Å². The van der Waals surface area contributed by atoms with Gasteiger partial charge in [0.1, 0.15) is 18.4 Å². The van der Waals surface area contributed by atoms with Gasteiger partial charge in [0.05, 0.1) is 10.6 Å². The van der Waals surface area contributed by atoms with E-state index in [0.717, 1.165) is 41.6 Å². The maximum atomic E-state index is 15.3. The summed E-state index contributed by atoms with van der Waals surface area (Å²) in [6, 6.07) is 25.9. The van der Waals surface area contributed by atoms with Crippen molar-refractivity contribution in [3.63, 3.8) is 0 Å². The van der Waals surface area contributed by atoms with Gasteiger partial charge in [-0.1, -0.05) is 103 Å². The molecule has 1 aliphatic rings. The van der Waals surface area contributed by atoms with Crippen molar-refractivity contribution >= 4 is 50.7 Å². The van der Waals surface area contributed by atoms with Crippen LogP contribution in [0.25, 0.3) is 0 Å². The van der Waals surface area contributed by atoms with Crippen LogP contribution >= 0.6 is 23.2 Å². The summed E-state index contributed by atoms with van der Waals surface area (Å²) in [6.45, 7) is -0.897. The molecule has 1 N–H and O–H groups in total. The van der Waals surface area contributed by atoms with E-state index in [1.165, 1.54) is 41.3 Å². The topological polar surface area (TPSA) is 86.8 Å². The molecule has 4 aromatic rings. The van der Waals surface area contributed by atoms with E-state index in [-0.39, 0.29) is 40.5 Å². The van der Waals surface area contributed by atoms with Crippen LogP contribution in [0.2, 0.25) is 10.0 Å². The van der Waals surface area contributed by atoms with E-state index < -0.39 is 34.3 Å². The second-order valence-electron chi connectivity index (χ2n) is 11.2. The van der Waals surface area contributed by atoms with Crippen LogP contribution in [0.5, 0.6) is 0 Å². The van der Waals surface area contributed by atoms with Gasteiger partial charge in [0, 0.05) is 29.1 Å². The Morgan fingerprint density at radius 1 is 0.870 bits per heavy atom. The highest BCUT2D eigenvalue weighted by Crippen LogP contribution is 2.29. The van der Waals surface area contributed by atoms with Crippen LogP contribution in [0.4, 0.5) is 10.1 Å². The standard InChI is InChI=1S/C35H34Cl2FN3O4S/c36-27-20-19-26(30(37)22-27)23-40(33(21-25-11-3-1-4-12-25)35(43)39-28-13-7-8-14-28)34(42)24-41(32-18-10-9-17-31(32)38)46(44,45)29-15-5-2-6-16-29/h1-6,9-12,15-20,22,28,33H,7-8,13-14,21,23-24H2,(H,39,43)/t33-/m0/s1. The fraction of sp³-hybridized carbons (Fsp3) is 0.257. The molecule has 46 heavy (non-hydrogen) atoms. The lowest BCUT2D eigenvalue weighted by atomic mass is 10.0. The highest BCUT2D eigenvalue weighted by Gasteiger charge is 2.36. The summed E-state index contributed by atoms with van der Waals surface area (Å²) in [4.78, 5) is 29.8. The van der Waals surface area contributed by atoms with Crippen LogP contribution in [-0.2, 0) is 32.6 Å². The number of nitrogens with one attached hydrogen (secondary N) is 1. The molecule has 240 valence electrons. The summed E-state index contributed by atoms with van der Waals surface area (Å²) >= 11 is 12.7. The van der Waals surface area contributed by atoms with E-state index >= 15 is 4.39 Å². The number of para-hydroxylation sites is 1. The molecule has 4 aromatic carbocycles. The smallest absolute Gasteiger partial charge is 0.264 e. The number of amides is 2. The first-order chi connectivity index (χ1) is 22.1. The molecular weight excluding hydrogens is 648 g/mol. The number of halogens is 3. The lowest BCUT2D eigenvalue weighted by Crippen LogP contribution is -2.54. The zero-order valence-corrected chi connectivity index (χ0v) is 27.3. The summed E-state index contributed by atoms with van der Waals surface area (Å²) in [5.74, 6) is -1.89. The number of carbonyl (C=O) groups excluding carboxylic acids is 2. The van der Waals surface area contributed by atoms with Gasteiger partial charge in [0.15, 0.2) is 0 Å². The normalized spacial score (nSPS) is 14.1. The second kappa shape index (κ2) is 15.1. The zero-order valence-electron chi connectivity index (χ0n) is 25.0. The Kier molecular flexibility index (Phi) is 11.0. The molecule has 0 aliphatic heterocycles. The first kappa shape index (κ1) is 33.4. The predicted octanol–water partition coefficient (Wildman–Crippen LogP) is 7.03. The SMILES string of the molecule is O=C(NC1CCCC1)[C@H](Cc1ccccc1)N(Cc1ccc(Cl)cc1Cl)C(=O)CN(c1ccccc1F)S(=O)(=O)c1ccccc1. The molecule has 0 saturated heterocycles. The number of rotatable bonds is 12. The molecule has 1 fully saturated rings. The van der Waals surface area contributed by atoms with E-state index in [1.807, 2.05) is 30.3 Å². The molecule has 1 saturated carbocycles. The largest absolute Gasteiger partial charge is 0.352 e. The van der Waals surface area contributed by atoms with Gasteiger partial charge in [0.25, 0.3) is 10.0 Å². The molecule has 1 atom stereocenters. The van der Waals surface area contributed by atoms with Crippen LogP contribution in [0.3, 0.4) is 0 Å². The van der Waals surface area contributed by atoms with Gasteiger partial charge in [-0.2, -0.15) is 0 Å². The first-order valence-electron chi connectivity index (χ1n) is 15.0. The van der Waals surface area contributed by atoms with E-state index in [0.29, 0.717) is 10.6 Å². The van der Waals surface area contributed by atoms with Crippen molar-refractivity contribution in [2.45, 2.75) is 55.6 Å².